The number of fused-ring (bicyclic) bond motifs is 1. The van der Waals surface area contributed by atoms with Crippen LogP contribution in [0.4, 0.5) is 0 Å². The van der Waals surface area contributed by atoms with Crippen LogP contribution in [0.2, 0.25) is 0 Å². The molecule has 0 spiro atoms. The fourth-order valence-corrected chi connectivity index (χ4v) is 4.82. The number of carboxylic acids is 1. The van der Waals surface area contributed by atoms with Crippen LogP contribution in [0.25, 0.3) is 10.9 Å². The van der Waals surface area contributed by atoms with Crippen molar-refractivity contribution >= 4 is 26.9 Å². The van der Waals surface area contributed by atoms with E-state index in [1.165, 1.54) is 6.08 Å². The lowest BCUT2D eigenvalue weighted by atomic mass is 10.2. The van der Waals surface area contributed by atoms with Gasteiger partial charge in [-0.2, -0.15) is 4.31 Å². The molecule has 0 saturated heterocycles. The van der Waals surface area contributed by atoms with Crippen molar-refractivity contribution in [2.45, 2.75) is 17.9 Å². The lowest BCUT2D eigenvalue weighted by molar-refractivity contribution is -0.139. The normalized spacial score (nSPS) is 19.1. The van der Waals surface area contributed by atoms with Gasteiger partial charge in [0.25, 0.3) is 0 Å². The molecule has 1 aliphatic rings. The molecule has 1 unspecified atom stereocenters. The van der Waals surface area contributed by atoms with Crippen molar-refractivity contribution in [1.82, 2.24) is 8.87 Å². The fourth-order valence-electron chi connectivity index (χ4n) is 2.89. The zero-order valence-electron chi connectivity index (χ0n) is 12.2. The SMILES string of the molecule is Cc1c(S(=O)(=O)N2CC=CC2C(=O)O)c2ccccc2n1C. The Labute approximate surface area is 128 Å². The molecule has 1 atom stereocenters. The molecule has 0 aliphatic carbocycles. The first-order chi connectivity index (χ1) is 10.4. The van der Waals surface area contributed by atoms with Gasteiger partial charge >= 0.3 is 5.97 Å². The molecule has 0 bridgehead atoms. The molecule has 1 aliphatic heterocycles. The predicted molar refractivity (Wildman–Crippen MR) is 82.1 cm³/mol. The monoisotopic (exact) mass is 320 g/mol. The van der Waals surface area contributed by atoms with Gasteiger partial charge in [0.1, 0.15) is 10.9 Å². The minimum absolute atomic E-state index is 0.0714. The molecule has 1 aromatic carbocycles. The molecular formula is C15H16N2O4S. The predicted octanol–water partition coefficient (Wildman–Crippen LogP) is 1.50. The minimum Gasteiger partial charge on any atom is -0.480 e. The van der Waals surface area contributed by atoms with Crippen molar-refractivity contribution in [2.24, 2.45) is 7.05 Å². The highest BCUT2D eigenvalue weighted by molar-refractivity contribution is 7.89. The molecule has 1 N–H and O–H groups in total. The van der Waals surface area contributed by atoms with E-state index in [-0.39, 0.29) is 11.4 Å². The molecule has 0 radical (unpaired) electrons. The Morgan fingerprint density at radius 1 is 1.32 bits per heavy atom. The second-order valence-corrected chi connectivity index (χ2v) is 7.10. The Morgan fingerprint density at radius 3 is 2.68 bits per heavy atom. The number of benzene rings is 1. The van der Waals surface area contributed by atoms with Crippen LogP contribution < -0.4 is 0 Å². The van der Waals surface area contributed by atoms with Crippen molar-refractivity contribution in [3.05, 3.63) is 42.1 Å². The number of aryl methyl sites for hydroxylation is 1. The third-order valence-electron chi connectivity index (χ3n) is 4.08. The molecule has 6 nitrogen and oxygen atoms in total. The van der Waals surface area contributed by atoms with Crippen LogP contribution in [-0.2, 0) is 21.9 Å². The second-order valence-electron chi connectivity index (χ2n) is 5.28. The number of aromatic nitrogens is 1. The van der Waals surface area contributed by atoms with Crippen molar-refractivity contribution < 1.29 is 18.3 Å². The average molecular weight is 320 g/mol. The number of para-hydroxylation sites is 1. The van der Waals surface area contributed by atoms with E-state index in [4.69, 9.17) is 0 Å². The van der Waals surface area contributed by atoms with Crippen LogP contribution >= 0.6 is 0 Å². The molecular weight excluding hydrogens is 304 g/mol. The zero-order valence-corrected chi connectivity index (χ0v) is 13.0. The zero-order chi connectivity index (χ0) is 16.1. The summed E-state index contributed by atoms with van der Waals surface area (Å²) >= 11 is 0. The van der Waals surface area contributed by atoms with Gasteiger partial charge in [-0.3, -0.25) is 4.79 Å². The van der Waals surface area contributed by atoms with Crippen LogP contribution in [0.1, 0.15) is 5.69 Å². The van der Waals surface area contributed by atoms with Gasteiger partial charge < -0.3 is 9.67 Å². The maximum atomic E-state index is 13.0. The molecule has 0 amide bonds. The van der Waals surface area contributed by atoms with Crippen molar-refractivity contribution in [3.8, 4) is 0 Å². The van der Waals surface area contributed by atoms with Gasteiger partial charge in [-0.05, 0) is 13.0 Å². The summed E-state index contributed by atoms with van der Waals surface area (Å²) in [6.45, 7) is 1.80. The molecule has 2 heterocycles. The molecule has 116 valence electrons. The van der Waals surface area contributed by atoms with Crippen LogP contribution in [0, 0.1) is 6.92 Å². The smallest absolute Gasteiger partial charge is 0.326 e. The van der Waals surface area contributed by atoms with E-state index in [1.54, 1.807) is 32.2 Å². The number of hydrogen-bond donors (Lipinski definition) is 1. The summed E-state index contributed by atoms with van der Waals surface area (Å²) in [7, 11) is -2.10. The maximum Gasteiger partial charge on any atom is 0.326 e. The highest BCUT2D eigenvalue weighted by atomic mass is 32.2. The number of hydrogen-bond acceptors (Lipinski definition) is 3. The largest absolute Gasteiger partial charge is 0.480 e. The van der Waals surface area contributed by atoms with Gasteiger partial charge in [-0.25, -0.2) is 8.42 Å². The Balaban J connectivity index is 2.23. The lowest BCUT2D eigenvalue weighted by Gasteiger charge is -2.21. The highest BCUT2D eigenvalue weighted by Crippen LogP contribution is 2.33. The van der Waals surface area contributed by atoms with E-state index in [1.807, 2.05) is 16.7 Å². The quantitative estimate of drug-likeness (QED) is 0.869. The van der Waals surface area contributed by atoms with Gasteiger partial charge in [0, 0.05) is 30.2 Å². The second kappa shape index (κ2) is 4.96. The summed E-state index contributed by atoms with van der Waals surface area (Å²) in [4.78, 5) is 11.5. The summed E-state index contributed by atoms with van der Waals surface area (Å²) in [5.41, 5.74) is 1.40. The third kappa shape index (κ3) is 1.97. The standard InChI is InChI=1S/C15H16N2O4S/c1-10-14(11-6-3-4-7-12(11)16(10)2)22(20,21)17-9-5-8-13(17)15(18)19/h3-8,13H,9H2,1-2H3,(H,18,19). The summed E-state index contributed by atoms with van der Waals surface area (Å²) in [6, 6.07) is 6.06. The summed E-state index contributed by atoms with van der Waals surface area (Å²) in [5, 5.41) is 9.83. The van der Waals surface area contributed by atoms with E-state index in [0.29, 0.717) is 11.1 Å². The topological polar surface area (TPSA) is 79.6 Å². The summed E-state index contributed by atoms with van der Waals surface area (Å²) < 4.78 is 28.8. The lowest BCUT2D eigenvalue weighted by Crippen LogP contribution is -2.41. The van der Waals surface area contributed by atoms with E-state index in [9.17, 15) is 18.3 Å². The Hall–Kier alpha value is -2.12. The number of sulfonamides is 1. The fraction of sp³-hybridized carbons (Fsp3) is 0.267. The van der Waals surface area contributed by atoms with Crippen molar-refractivity contribution in [2.75, 3.05) is 6.54 Å². The summed E-state index contributed by atoms with van der Waals surface area (Å²) in [6.07, 6.45) is 2.97. The molecule has 0 saturated carbocycles. The number of carbonyl (C=O) groups is 1. The van der Waals surface area contributed by atoms with E-state index in [0.717, 1.165) is 9.82 Å². The molecule has 22 heavy (non-hydrogen) atoms. The number of aliphatic carboxylic acids is 1. The Morgan fingerprint density at radius 2 is 2.00 bits per heavy atom. The number of carboxylic acid groups (broad SMARTS) is 1. The van der Waals surface area contributed by atoms with Gasteiger partial charge in [0.15, 0.2) is 0 Å². The molecule has 7 heteroatoms. The van der Waals surface area contributed by atoms with Crippen molar-refractivity contribution in [3.63, 3.8) is 0 Å². The molecule has 1 aromatic heterocycles. The first-order valence-electron chi connectivity index (χ1n) is 6.81. The van der Waals surface area contributed by atoms with Gasteiger partial charge in [-0.15, -0.1) is 0 Å². The number of rotatable bonds is 3. The number of nitrogens with zero attached hydrogens (tertiary/aromatic N) is 2. The Bertz CT molecular complexity index is 896. The minimum atomic E-state index is -3.90. The first kappa shape index (κ1) is 14.8. The molecule has 0 fully saturated rings. The van der Waals surface area contributed by atoms with Crippen LogP contribution in [-0.4, -0.2) is 41.0 Å². The van der Waals surface area contributed by atoms with Gasteiger partial charge in [0.2, 0.25) is 10.0 Å². The van der Waals surface area contributed by atoms with Crippen LogP contribution in [0.5, 0.6) is 0 Å². The van der Waals surface area contributed by atoms with Crippen LogP contribution in [0.15, 0.2) is 41.3 Å². The highest BCUT2D eigenvalue weighted by Gasteiger charge is 2.39. The van der Waals surface area contributed by atoms with Crippen molar-refractivity contribution in [1.29, 1.82) is 0 Å². The molecule has 2 aromatic rings. The summed E-state index contributed by atoms with van der Waals surface area (Å²) in [5.74, 6) is -1.17. The third-order valence-corrected chi connectivity index (χ3v) is 6.10. The van der Waals surface area contributed by atoms with Crippen LogP contribution in [0.3, 0.4) is 0 Å². The molecule has 3 rings (SSSR count). The Kier molecular flexibility index (Phi) is 3.34. The van der Waals surface area contributed by atoms with E-state index in [2.05, 4.69) is 0 Å². The van der Waals surface area contributed by atoms with E-state index < -0.39 is 22.0 Å². The van der Waals surface area contributed by atoms with Gasteiger partial charge in [0.05, 0.1) is 0 Å². The average Bonchev–Trinajstić information content (AvgIpc) is 3.05. The maximum absolute atomic E-state index is 13.0. The first-order valence-corrected chi connectivity index (χ1v) is 8.25. The van der Waals surface area contributed by atoms with E-state index >= 15 is 0 Å². The van der Waals surface area contributed by atoms with Gasteiger partial charge in [-0.1, -0.05) is 30.4 Å².